The van der Waals surface area contributed by atoms with E-state index in [0.29, 0.717) is 0 Å². The van der Waals surface area contributed by atoms with E-state index in [-0.39, 0.29) is 13.5 Å². The molecule has 0 bridgehead atoms. The van der Waals surface area contributed by atoms with E-state index in [4.69, 9.17) is 11.6 Å². The minimum atomic E-state index is 0. The van der Waals surface area contributed by atoms with Crippen molar-refractivity contribution < 1.29 is 4.84 Å². The molecule has 0 unspecified atom stereocenters. The third-order valence-electron chi connectivity index (χ3n) is 0.199. The lowest BCUT2D eigenvalue weighted by Crippen LogP contribution is -2.03. The van der Waals surface area contributed by atoms with Gasteiger partial charge in [0.2, 0.25) is 0 Å². The Bertz CT molecular complexity index is 18.3. The maximum atomic E-state index is 5.02. The lowest BCUT2D eigenvalue weighted by molar-refractivity contribution is 0.0954. The van der Waals surface area contributed by atoms with Gasteiger partial charge in [0, 0.05) is 7.05 Å². The molecule has 0 saturated heterocycles. The number of rotatable bonds is 2. The Morgan fingerprint density at radius 1 is 1.83 bits per heavy atom. The fraction of sp³-hybridized carbons (Fsp3) is 1.00. The van der Waals surface area contributed by atoms with Crippen LogP contribution in [0.15, 0.2) is 0 Å². The van der Waals surface area contributed by atoms with Crippen molar-refractivity contribution in [1.29, 1.82) is 0 Å². The molecule has 1 N–H and O–H groups in total. The summed E-state index contributed by atoms with van der Waals surface area (Å²) < 4.78 is 0. The highest BCUT2D eigenvalue weighted by molar-refractivity contribution is 6.17. The van der Waals surface area contributed by atoms with Crippen LogP contribution in [-0.4, -0.2) is 13.1 Å². The lowest BCUT2D eigenvalue weighted by atomic mass is 11.5. The monoisotopic (exact) mass is 111 g/mol. The summed E-state index contributed by atoms with van der Waals surface area (Å²) in [6.07, 6.45) is 0. The van der Waals surface area contributed by atoms with Crippen LogP contribution in [0.1, 0.15) is 7.43 Å². The maximum Gasteiger partial charge on any atom is 0.142 e. The predicted molar refractivity (Wildman–Crippen MR) is 27.6 cm³/mol. The van der Waals surface area contributed by atoms with E-state index in [9.17, 15) is 0 Å². The van der Waals surface area contributed by atoms with Gasteiger partial charge in [0.05, 0.1) is 0 Å². The summed E-state index contributed by atoms with van der Waals surface area (Å²) in [5, 5.41) is 0. The van der Waals surface area contributed by atoms with Gasteiger partial charge in [-0.25, -0.2) is 5.48 Å². The van der Waals surface area contributed by atoms with Crippen LogP contribution in [0.3, 0.4) is 0 Å². The Morgan fingerprint density at radius 2 is 2.33 bits per heavy atom. The molecule has 0 spiro atoms. The third kappa shape index (κ3) is 8.88. The zero-order chi connectivity index (χ0) is 4.12. The Morgan fingerprint density at radius 3 is 2.33 bits per heavy atom. The van der Waals surface area contributed by atoms with Crippen molar-refractivity contribution in [3.05, 3.63) is 0 Å². The van der Waals surface area contributed by atoms with Crippen LogP contribution < -0.4 is 5.48 Å². The molecule has 0 atom stereocenters. The van der Waals surface area contributed by atoms with E-state index in [1.807, 2.05) is 0 Å². The molecule has 0 aromatic carbocycles. The van der Waals surface area contributed by atoms with Crippen LogP contribution in [0.25, 0.3) is 0 Å². The summed E-state index contributed by atoms with van der Waals surface area (Å²) in [5.74, 6) is 0. The van der Waals surface area contributed by atoms with Gasteiger partial charge in [-0.15, -0.1) is 0 Å². The molecule has 0 aliphatic carbocycles. The van der Waals surface area contributed by atoms with E-state index in [1.165, 1.54) is 0 Å². The van der Waals surface area contributed by atoms with E-state index < -0.39 is 0 Å². The second-order valence-corrected chi connectivity index (χ2v) is 0.676. The Kier molecular flexibility index (Phi) is 14.2. The van der Waals surface area contributed by atoms with Crippen molar-refractivity contribution in [2.24, 2.45) is 0 Å². The summed E-state index contributed by atoms with van der Waals surface area (Å²) in [6, 6.07) is 0.205. The van der Waals surface area contributed by atoms with Gasteiger partial charge in [0.25, 0.3) is 0 Å². The van der Waals surface area contributed by atoms with E-state index in [2.05, 4.69) is 10.3 Å². The highest BCUT2D eigenvalue weighted by atomic mass is 35.5. The molecule has 0 aliphatic heterocycles. The molecule has 6 heavy (non-hydrogen) atoms. The summed E-state index contributed by atoms with van der Waals surface area (Å²) >= 11 is 5.02. The fourth-order valence-electron chi connectivity index (χ4n) is 0.0546. The molecule has 3 heteroatoms. The van der Waals surface area contributed by atoms with Crippen LogP contribution in [0, 0.1) is 0 Å². The molecular weight excluding hydrogens is 101 g/mol. The number of hydroxylamine groups is 1. The molecule has 0 rings (SSSR count). The molecule has 0 heterocycles. The van der Waals surface area contributed by atoms with Gasteiger partial charge in [0.1, 0.15) is 6.07 Å². The average Bonchev–Trinajstić information content (AvgIpc) is 1.41. The zero-order valence-electron chi connectivity index (χ0n) is 2.99. The van der Waals surface area contributed by atoms with Gasteiger partial charge in [-0.05, 0) is 0 Å². The number of halogens is 1. The van der Waals surface area contributed by atoms with E-state index in [0.717, 1.165) is 0 Å². The molecule has 0 aromatic rings. The summed E-state index contributed by atoms with van der Waals surface area (Å²) in [4.78, 5) is 4.35. The SMILES string of the molecule is C.CNOCCl. The van der Waals surface area contributed by atoms with Crippen LogP contribution in [0.4, 0.5) is 0 Å². The van der Waals surface area contributed by atoms with Crippen molar-refractivity contribution in [2.75, 3.05) is 13.1 Å². The lowest BCUT2D eigenvalue weighted by Gasteiger charge is -1.86. The van der Waals surface area contributed by atoms with E-state index >= 15 is 0 Å². The minimum Gasteiger partial charge on any atom is -0.286 e. The van der Waals surface area contributed by atoms with Crippen molar-refractivity contribution in [2.45, 2.75) is 7.43 Å². The fourth-order valence-corrected chi connectivity index (χ4v) is 0.164. The highest BCUT2D eigenvalue weighted by Gasteiger charge is 1.63. The molecule has 2 nitrogen and oxygen atoms in total. The second kappa shape index (κ2) is 8.96. The molecule has 0 amide bonds. The van der Waals surface area contributed by atoms with Crippen LogP contribution in [0.5, 0.6) is 0 Å². The quantitative estimate of drug-likeness (QED) is 0.424. The van der Waals surface area contributed by atoms with Crippen molar-refractivity contribution in [3.63, 3.8) is 0 Å². The first-order valence-electron chi connectivity index (χ1n) is 1.26. The first-order chi connectivity index (χ1) is 2.41. The van der Waals surface area contributed by atoms with Gasteiger partial charge < -0.3 is 0 Å². The van der Waals surface area contributed by atoms with Gasteiger partial charge >= 0.3 is 0 Å². The molecule has 0 aliphatic rings. The molecule has 0 aromatic heterocycles. The second-order valence-electron chi connectivity index (χ2n) is 0.458. The molecular formula is C3H10ClNO. The van der Waals surface area contributed by atoms with Crippen LogP contribution >= 0.6 is 11.6 Å². The largest absolute Gasteiger partial charge is 0.286 e. The van der Waals surface area contributed by atoms with Crippen molar-refractivity contribution in [1.82, 2.24) is 5.48 Å². The van der Waals surface area contributed by atoms with Gasteiger partial charge in [-0.3, -0.25) is 4.84 Å². The highest BCUT2D eigenvalue weighted by Crippen LogP contribution is 1.67. The van der Waals surface area contributed by atoms with Crippen LogP contribution in [0.2, 0.25) is 0 Å². The molecule has 0 saturated carbocycles. The topological polar surface area (TPSA) is 21.3 Å². The van der Waals surface area contributed by atoms with Crippen LogP contribution in [-0.2, 0) is 4.84 Å². The number of alkyl halides is 1. The number of hydrogen-bond donors (Lipinski definition) is 1. The third-order valence-corrected chi connectivity index (χ3v) is 0.308. The summed E-state index contributed by atoms with van der Waals surface area (Å²) in [7, 11) is 1.66. The van der Waals surface area contributed by atoms with Gasteiger partial charge in [0.15, 0.2) is 0 Å². The van der Waals surface area contributed by atoms with E-state index in [1.54, 1.807) is 7.05 Å². The average molecular weight is 112 g/mol. The smallest absolute Gasteiger partial charge is 0.142 e. The normalized spacial score (nSPS) is 7.00. The number of nitrogens with one attached hydrogen (secondary N) is 1. The van der Waals surface area contributed by atoms with Gasteiger partial charge in [-0.2, -0.15) is 0 Å². The minimum absolute atomic E-state index is 0. The molecule has 40 valence electrons. The summed E-state index contributed by atoms with van der Waals surface area (Å²) in [6.45, 7) is 0. The first-order valence-corrected chi connectivity index (χ1v) is 1.79. The van der Waals surface area contributed by atoms with Crippen molar-refractivity contribution in [3.8, 4) is 0 Å². The molecule has 0 radical (unpaired) electrons. The first kappa shape index (κ1) is 9.51. The zero-order valence-corrected chi connectivity index (χ0v) is 3.75. The predicted octanol–water partition coefficient (Wildman–Crippen LogP) is 0.970. The van der Waals surface area contributed by atoms with Crippen molar-refractivity contribution >= 4 is 11.6 Å². The Hall–Kier alpha value is 0.210. The molecule has 0 fully saturated rings. The summed E-state index contributed by atoms with van der Waals surface area (Å²) in [5.41, 5.74) is 2.39. The number of hydrogen-bond acceptors (Lipinski definition) is 2. The Balaban J connectivity index is 0. The van der Waals surface area contributed by atoms with Gasteiger partial charge in [-0.1, -0.05) is 19.0 Å². The maximum absolute atomic E-state index is 5.02. The standard InChI is InChI=1S/C2H6ClNO.CH4/c1-4-5-2-3;/h4H,2H2,1H3;1H4. The Labute approximate surface area is 43.4 Å².